The predicted octanol–water partition coefficient (Wildman–Crippen LogP) is 2.16. The molecule has 2 N–H and O–H groups in total. The van der Waals surface area contributed by atoms with Gasteiger partial charge in [-0.05, 0) is 12.8 Å². The van der Waals surface area contributed by atoms with E-state index in [9.17, 15) is 18.3 Å². The van der Waals surface area contributed by atoms with Crippen molar-refractivity contribution in [3.63, 3.8) is 0 Å². The Morgan fingerprint density at radius 1 is 1.12 bits per heavy atom. The SMILES string of the molecule is OC1(CNOCC(F)(F)F)CCCCCC1. The van der Waals surface area contributed by atoms with Gasteiger partial charge in [0.25, 0.3) is 0 Å². The largest absolute Gasteiger partial charge is 0.413 e. The van der Waals surface area contributed by atoms with Gasteiger partial charge in [-0.1, -0.05) is 25.7 Å². The zero-order chi connectivity index (χ0) is 12.1. The number of nitrogens with one attached hydrogen (secondary N) is 1. The molecule has 0 bridgehead atoms. The molecule has 1 aliphatic rings. The fourth-order valence-corrected chi connectivity index (χ4v) is 1.88. The summed E-state index contributed by atoms with van der Waals surface area (Å²) >= 11 is 0. The van der Waals surface area contributed by atoms with E-state index in [4.69, 9.17) is 0 Å². The van der Waals surface area contributed by atoms with E-state index in [-0.39, 0.29) is 6.54 Å². The number of rotatable bonds is 4. The average molecular weight is 241 g/mol. The van der Waals surface area contributed by atoms with E-state index in [1.807, 2.05) is 0 Å². The van der Waals surface area contributed by atoms with Gasteiger partial charge in [0.15, 0.2) is 6.61 Å². The quantitative estimate of drug-likeness (QED) is 0.450. The number of alkyl halides is 3. The minimum Gasteiger partial charge on any atom is -0.388 e. The van der Waals surface area contributed by atoms with Gasteiger partial charge < -0.3 is 5.11 Å². The molecule has 1 saturated carbocycles. The summed E-state index contributed by atoms with van der Waals surface area (Å²) in [6, 6.07) is 0. The second-order valence-corrected chi connectivity index (χ2v) is 4.36. The molecule has 0 amide bonds. The second-order valence-electron chi connectivity index (χ2n) is 4.36. The topological polar surface area (TPSA) is 41.5 Å². The first-order chi connectivity index (χ1) is 7.41. The highest BCUT2D eigenvalue weighted by atomic mass is 19.4. The normalized spacial score (nSPS) is 21.8. The van der Waals surface area contributed by atoms with E-state index < -0.39 is 18.4 Å². The molecule has 1 rings (SSSR count). The lowest BCUT2D eigenvalue weighted by molar-refractivity contribution is -0.193. The van der Waals surface area contributed by atoms with Crippen LogP contribution >= 0.6 is 0 Å². The summed E-state index contributed by atoms with van der Waals surface area (Å²) in [4.78, 5) is 4.27. The molecule has 1 fully saturated rings. The molecule has 0 unspecified atom stereocenters. The molecule has 0 aliphatic heterocycles. The van der Waals surface area contributed by atoms with Crippen LogP contribution < -0.4 is 5.48 Å². The highest BCUT2D eigenvalue weighted by Gasteiger charge is 2.30. The Bertz CT molecular complexity index is 201. The van der Waals surface area contributed by atoms with Gasteiger partial charge in [-0.15, -0.1) is 0 Å². The second kappa shape index (κ2) is 5.84. The van der Waals surface area contributed by atoms with Crippen molar-refractivity contribution < 1.29 is 23.1 Å². The summed E-state index contributed by atoms with van der Waals surface area (Å²) in [6.45, 7) is -1.27. The van der Waals surface area contributed by atoms with E-state index in [0.29, 0.717) is 12.8 Å². The number of hydrogen-bond donors (Lipinski definition) is 2. The Hall–Kier alpha value is -0.330. The van der Waals surface area contributed by atoms with Crippen molar-refractivity contribution in [3.8, 4) is 0 Å². The van der Waals surface area contributed by atoms with Crippen molar-refractivity contribution in [1.29, 1.82) is 0 Å². The van der Waals surface area contributed by atoms with Crippen molar-refractivity contribution >= 4 is 0 Å². The number of halogens is 3. The molecular formula is C10H18F3NO2. The third kappa shape index (κ3) is 5.67. The van der Waals surface area contributed by atoms with Gasteiger partial charge in [0.1, 0.15) is 0 Å². The van der Waals surface area contributed by atoms with Crippen LogP contribution in [-0.4, -0.2) is 30.0 Å². The van der Waals surface area contributed by atoms with E-state index >= 15 is 0 Å². The maximum Gasteiger partial charge on any atom is 0.413 e. The van der Waals surface area contributed by atoms with Gasteiger partial charge in [0, 0.05) is 6.54 Å². The van der Waals surface area contributed by atoms with Gasteiger partial charge in [0.2, 0.25) is 0 Å². The minimum absolute atomic E-state index is 0.0586. The fraction of sp³-hybridized carbons (Fsp3) is 1.00. The molecule has 0 aromatic heterocycles. The lowest BCUT2D eigenvalue weighted by atomic mass is 9.95. The van der Waals surface area contributed by atoms with Gasteiger partial charge in [0.05, 0.1) is 5.60 Å². The first kappa shape index (κ1) is 13.7. The molecule has 1 aliphatic carbocycles. The van der Waals surface area contributed by atoms with Gasteiger partial charge >= 0.3 is 6.18 Å². The van der Waals surface area contributed by atoms with Gasteiger partial charge in [-0.25, -0.2) is 0 Å². The van der Waals surface area contributed by atoms with Crippen molar-refractivity contribution in [2.24, 2.45) is 0 Å². The number of hydroxylamine groups is 1. The number of hydrogen-bond acceptors (Lipinski definition) is 3. The van der Waals surface area contributed by atoms with E-state index in [1.54, 1.807) is 0 Å². The highest BCUT2D eigenvalue weighted by Crippen LogP contribution is 2.26. The van der Waals surface area contributed by atoms with Crippen LogP contribution in [0.15, 0.2) is 0 Å². The Kier molecular flexibility index (Phi) is 5.01. The summed E-state index contributed by atoms with van der Waals surface area (Å²) in [7, 11) is 0. The van der Waals surface area contributed by atoms with Crippen LogP contribution in [0.2, 0.25) is 0 Å². The average Bonchev–Trinajstić information content (AvgIpc) is 2.37. The molecule has 0 saturated heterocycles. The lowest BCUT2D eigenvalue weighted by Gasteiger charge is -2.26. The zero-order valence-electron chi connectivity index (χ0n) is 9.15. The van der Waals surface area contributed by atoms with Crippen molar-refractivity contribution in [1.82, 2.24) is 5.48 Å². The van der Waals surface area contributed by atoms with Gasteiger partial charge in [-0.3, -0.25) is 4.84 Å². The summed E-state index contributed by atoms with van der Waals surface area (Å²) in [5.41, 5.74) is 1.30. The summed E-state index contributed by atoms with van der Waals surface area (Å²) in [5.74, 6) is 0. The summed E-state index contributed by atoms with van der Waals surface area (Å²) in [6.07, 6.45) is 0.885. The molecular weight excluding hydrogens is 223 g/mol. The molecule has 6 heteroatoms. The highest BCUT2D eigenvalue weighted by molar-refractivity contribution is 4.81. The van der Waals surface area contributed by atoms with Crippen molar-refractivity contribution in [3.05, 3.63) is 0 Å². The molecule has 0 spiro atoms. The van der Waals surface area contributed by atoms with Crippen LogP contribution in [0.1, 0.15) is 38.5 Å². The third-order valence-electron chi connectivity index (χ3n) is 2.77. The van der Waals surface area contributed by atoms with Gasteiger partial charge in [-0.2, -0.15) is 18.7 Å². The molecule has 3 nitrogen and oxygen atoms in total. The maximum absolute atomic E-state index is 11.8. The first-order valence-electron chi connectivity index (χ1n) is 5.55. The van der Waals surface area contributed by atoms with Crippen LogP contribution in [0.25, 0.3) is 0 Å². The first-order valence-corrected chi connectivity index (χ1v) is 5.55. The Morgan fingerprint density at radius 3 is 2.19 bits per heavy atom. The smallest absolute Gasteiger partial charge is 0.388 e. The Labute approximate surface area is 92.9 Å². The van der Waals surface area contributed by atoms with Crippen LogP contribution in [0.3, 0.4) is 0 Å². The van der Waals surface area contributed by atoms with E-state index in [2.05, 4.69) is 10.3 Å². The molecule has 0 heterocycles. The lowest BCUT2D eigenvalue weighted by Crippen LogP contribution is -2.41. The van der Waals surface area contributed by atoms with E-state index in [0.717, 1.165) is 25.7 Å². The molecule has 0 atom stereocenters. The van der Waals surface area contributed by atoms with Crippen LogP contribution in [-0.2, 0) is 4.84 Å². The molecule has 0 aromatic rings. The van der Waals surface area contributed by atoms with Crippen molar-refractivity contribution in [2.75, 3.05) is 13.2 Å². The third-order valence-corrected chi connectivity index (χ3v) is 2.77. The maximum atomic E-state index is 11.8. The monoisotopic (exact) mass is 241 g/mol. The molecule has 0 aromatic carbocycles. The van der Waals surface area contributed by atoms with Crippen molar-refractivity contribution in [2.45, 2.75) is 50.3 Å². The molecule has 16 heavy (non-hydrogen) atoms. The predicted molar refractivity (Wildman–Crippen MR) is 52.7 cm³/mol. The molecule has 96 valence electrons. The summed E-state index contributed by atoms with van der Waals surface area (Å²) < 4.78 is 35.3. The number of aliphatic hydroxyl groups is 1. The van der Waals surface area contributed by atoms with E-state index in [1.165, 1.54) is 0 Å². The zero-order valence-corrected chi connectivity index (χ0v) is 9.15. The van der Waals surface area contributed by atoms with Crippen LogP contribution in [0.5, 0.6) is 0 Å². The molecule has 0 radical (unpaired) electrons. The Balaban J connectivity index is 2.19. The fourth-order valence-electron chi connectivity index (χ4n) is 1.88. The Morgan fingerprint density at radius 2 is 1.69 bits per heavy atom. The van der Waals surface area contributed by atoms with Crippen LogP contribution in [0, 0.1) is 0 Å². The van der Waals surface area contributed by atoms with Crippen LogP contribution in [0.4, 0.5) is 13.2 Å². The standard InChI is InChI=1S/C10H18F3NO2/c11-10(12,13)8-16-14-7-9(15)5-3-1-2-4-6-9/h14-15H,1-8H2. The minimum atomic E-state index is -4.33. The summed E-state index contributed by atoms with van der Waals surface area (Å²) in [5, 5.41) is 10.1.